The first-order valence-electron chi connectivity index (χ1n) is 7.19. The molecule has 20 heavy (non-hydrogen) atoms. The molecule has 0 atom stereocenters. The average Bonchev–Trinajstić information content (AvgIpc) is 3.20. The van der Waals surface area contributed by atoms with E-state index < -0.39 is 10.0 Å². The lowest BCUT2D eigenvalue weighted by Crippen LogP contribution is -2.25. The number of sulfonamides is 1. The SMILES string of the molecule is CCC(C)(C)CNc1ccc(S(=O)(=O)NC2CC2)cc1. The summed E-state index contributed by atoms with van der Waals surface area (Å²) in [6.07, 6.45) is 2.99. The highest BCUT2D eigenvalue weighted by Gasteiger charge is 2.27. The van der Waals surface area contributed by atoms with Gasteiger partial charge in [-0.15, -0.1) is 0 Å². The van der Waals surface area contributed by atoms with Crippen LogP contribution in [0.2, 0.25) is 0 Å². The number of hydrogen-bond acceptors (Lipinski definition) is 3. The lowest BCUT2D eigenvalue weighted by Gasteiger charge is -2.23. The molecule has 4 nitrogen and oxygen atoms in total. The van der Waals surface area contributed by atoms with E-state index in [1.807, 2.05) is 12.1 Å². The Labute approximate surface area is 122 Å². The molecule has 0 aromatic heterocycles. The topological polar surface area (TPSA) is 58.2 Å². The first kappa shape index (κ1) is 15.3. The molecule has 0 heterocycles. The van der Waals surface area contributed by atoms with E-state index in [0.717, 1.165) is 31.5 Å². The third-order valence-corrected chi connectivity index (χ3v) is 5.33. The summed E-state index contributed by atoms with van der Waals surface area (Å²) in [5.74, 6) is 0. The second-order valence-corrected chi connectivity index (χ2v) is 8.01. The molecular formula is C15H24N2O2S. The van der Waals surface area contributed by atoms with Crippen LogP contribution in [-0.2, 0) is 10.0 Å². The zero-order valence-corrected chi connectivity index (χ0v) is 13.3. The maximum absolute atomic E-state index is 12.0. The Kier molecular flexibility index (Phi) is 4.39. The molecule has 2 rings (SSSR count). The molecule has 112 valence electrons. The van der Waals surface area contributed by atoms with Crippen molar-refractivity contribution in [2.24, 2.45) is 5.41 Å². The van der Waals surface area contributed by atoms with Crippen LogP contribution in [0.4, 0.5) is 5.69 Å². The van der Waals surface area contributed by atoms with E-state index in [4.69, 9.17) is 0 Å². The van der Waals surface area contributed by atoms with Crippen LogP contribution in [0, 0.1) is 5.41 Å². The van der Waals surface area contributed by atoms with Gasteiger partial charge in [0.15, 0.2) is 0 Å². The van der Waals surface area contributed by atoms with E-state index >= 15 is 0 Å². The third kappa shape index (κ3) is 4.21. The van der Waals surface area contributed by atoms with Crippen LogP contribution in [0.3, 0.4) is 0 Å². The van der Waals surface area contributed by atoms with E-state index in [1.165, 1.54) is 0 Å². The van der Waals surface area contributed by atoms with Gasteiger partial charge in [0.1, 0.15) is 0 Å². The van der Waals surface area contributed by atoms with Gasteiger partial charge in [-0.2, -0.15) is 0 Å². The zero-order chi connectivity index (χ0) is 14.8. The summed E-state index contributed by atoms with van der Waals surface area (Å²) in [4.78, 5) is 0.338. The summed E-state index contributed by atoms with van der Waals surface area (Å²) in [5, 5.41) is 3.35. The van der Waals surface area contributed by atoms with Crippen molar-refractivity contribution in [2.45, 2.75) is 51.0 Å². The number of benzene rings is 1. The monoisotopic (exact) mass is 296 g/mol. The Morgan fingerprint density at radius 2 is 1.80 bits per heavy atom. The summed E-state index contributed by atoms with van der Waals surface area (Å²) >= 11 is 0. The summed E-state index contributed by atoms with van der Waals surface area (Å²) in [6, 6.07) is 7.11. The normalized spacial score (nSPS) is 16.1. The largest absolute Gasteiger partial charge is 0.385 e. The Hall–Kier alpha value is -1.07. The van der Waals surface area contributed by atoms with E-state index in [-0.39, 0.29) is 11.5 Å². The minimum absolute atomic E-state index is 0.142. The molecule has 1 aliphatic carbocycles. The Morgan fingerprint density at radius 3 is 2.30 bits per heavy atom. The minimum atomic E-state index is -3.34. The fourth-order valence-corrected chi connectivity index (χ4v) is 3.01. The van der Waals surface area contributed by atoms with Crippen molar-refractivity contribution in [1.29, 1.82) is 0 Å². The van der Waals surface area contributed by atoms with Gasteiger partial charge in [0.05, 0.1) is 4.90 Å². The summed E-state index contributed by atoms with van der Waals surface area (Å²) in [5.41, 5.74) is 1.19. The Morgan fingerprint density at radius 1 is 1.20 bits per heavy atom. The van der Waals surface area contributed by atoms with Crippen LogP contribution in [0.15, 0.2) is 29.2 Å². The fraction of sp³-hybridized carbons (Fsp3) is 0.600. The molecule has 1 aromatic carbocycles. The number of hydrogen-bond donors (Lipinski definition) is 2. The number of rotatable bonds is 7. The summed E-state index contributed by atoms with van der Waals surface area (Å²) in [7, 11) is -3.34. The molecule has 0 amide bonds. The maximum atomic E-state index is 12.0. The predicted molar refractivity (Wildman–Crippen MR) is 82.3 cm³/mol. The van der Waals surface area contributed by atoms with E-state index in [0.29, 0.717) is 4.90 Å². The molecule has 2 N–H and O–H groups in total. The molecular weight excluding hydrogens is 272 g/mol. The molecule has 0 aliphatic heterocycles. The molecule has 1 fully saturated rings. The van der Waals surface area contributed by atoms with Crippen LogP contribution in [-0.4, -0.2) is 21.0 Å². The van der Waals surface area contributed by atoms with Gasteiger partial charge in [-0.1, -0.05) is 20.8 Å². The summed E-state index contributed by atoms with van der Waals surface area (Å²) < 4.78 is 26.7. The molecule has 1 saturated carbocycles. The quantitative estimate of drug-likeness (QED) is 0.813. The minimum Gasteiger partial charge on any atom is -0.385 e. The lowest BCUT2D eigenvalue weighted by molar-refractivity contribution is 0.377. The molecule has 0 bridgehead atoms. The molecule has 0 radical (unpaired) electrons. The second-order valence-electron chi connectivity index (χ2n) is 6.29. The summed E-state index contributed by atoms with van der Waals surface area (Å²) in [6.45, 7) is 7.45. The van der Waals surface area contributed by atoms with Crippen LogP contribution >= 0.6 is 0 Å². The van der Waals surface area contributed by atoms with Crippen LogP contribution < -0.4 is 10.0 Å². The van der Waals surface area contributed by atoms with E-state index in [1.54, 1.807) is 12.1 Å². The van der Waals surface area contributed by atoms with Gasteiger partial charge >= 0.3 is 0 Å². The predicted octanol–water partition coefficient (Wildman–Crippen LogP) is 2.98. The van der Waals surface area contributed by atoms with Crippen LogP contribution in [0.5, 0.6) is 0 Å². The highest BCUT2D eigenvalue weighted by molar-refractivity contribution is 7.89. The van der Waals surface area contributed by atoms with Crippen molar-refractivity contribution >= 4 is 15.7 Å². The first-order chi connectivity index (χ1) is 9.32. The highest BCUT2D eigenvalue weighted by atomic mass is 32.2. The average molecular weight is 296 g/mol. The second kappa shape index (κ2) is 5.74. The highest BCUT2D eigenvalue weighted by Crippen LogP contribution is 2.24. The van der Waals surface area contributed by atoms with Crippen LogP contribution in [0.1, 0.15) is 40.0 Å². The lowest BCUT2D eigenvalue weighted by atomic mass is 9.90. The number of nitrogens with one attached hydrogen (secondary N) is 2. The van der Waals surface area contributed by atoms with Crippen molar-refractivity contribution in [3.8, 4) is 0 Å². The van der Waals surface area contributed by atoms with Gasteiger partial charge in [-0.25, -0.2) is 13.1 Å². The van der Waals surface area contributed by atoms with Crippen LogP contribution in [0.25, 0.3) is 0 Å². The van der Waals surface area contributed by atoms with Gasteiger partial charge in [-0.05, 0) is 48.9 Å². The van der Waals surface area contributed by atoms with E-state index in [9.17, 15) is 8.42 Å². The fourth-order valence-electron chi connectivity index (χ4n) is 1.71. The molecule has 0 unspecified atom stereocenters. The Balaban J connectivity index is 1.99. The number of anilines is 1. The van der Waals surface area contributed by atoms with Gasteiger partial charge in [0.2, 0.25) is 10.0 Å². The van der Waals surface area contributed by atoms with Gasteiger partial charge < -0.3 is 5.32 Å². The van der Waals surface area contributed by atoms with Crippen molar-refractivity contribution in [2.75, 3.05) is 11.9 Å². The third-order valence-electron chi connectivity index (χ3n) is 3.79. The van der Waals surface area contributed by atoms with Gasteiger partial charge in [0.25, 0.3) is 0 Å². The molecule has 0 spiro atoms. The van der Waals surface area contributed by atoms with Gasteiger partial charge in [-0.3, -0.25) is 0 Å². The van der Waals surface area contributed by atoms with Gasteiger partial charge in [0, 0.05) is 18.3 Å². The molecule has 0 saturated heterocycles. The standard InChI is InChI=1S/C15H24N2O2S/c1-4-15(2,3)11-16-12-7-9-14(10-8-12)20(18,19)17-13-5-6-13/h7-10,13,16-17H,4-6,11H2,1-3H3. The zero-order valence-electron chi connectivity index (χ0n) is 12.4. The smallest absolute Gasteiger partial charge is 0.240 e. The molecule has 1 aliphatic rings. The van der Waals surface area contributed by atoms with Crippen molar-refractivity contribution < 1.29 is 8.42 Å². The molecule has 5 heteroatoms. The maximum Gasteiger partial charge on any atom is 0.240 e. The van der Waals surface area contributed by atoms with Crippen molar-refractivity contribution in [3.63, 3.8) is 0 Å². The van der Waals surface area contributed by atoms with Crippen molar-refractivity contribution in [1.82, 2.24) is 4.72 Å². The molecule has 1 aromatic rings. The Bertz CT molecular complexity index is 546. The van der Waals surface area contributed by atoms with Crippen molar-refractivity contribution in [3.05, 3.63) is 24.3 Å². The first-order valence-corrected chi connectivity index (χ1v) is 8.67. The van der Waals surface area contributed by atoms with E-state index in [2.05, 4.69) is 30.8 Å².